The number of nitro benzene ring substituents is 1. The van der Waals surface area contributed by atoms with Crippen LogP contribution in [0.4, 0.5) is 11.4 Å². The van der Waals surface area contributed by atoms with Crippen molar-refractivity contribution in [2.24, 2.45) is 0 Å². The topological polar surface area (TPSA) is 73.4 Å². The van der Waals surface area contributed by atoms with Crippen LogP contribution in [0.1, 0.15) is 0 Å². The number of ether oxygens (including phenoxy) is 1. The van der Waals surface area contributed by atoms with Crippen LogP contribution >= 0.6 is 0 Å². The van der Waals surface area contributed by atoms with Crippen LogP contribution in [-0.4, -0.2) is 41.0 Å². The summed E-state index contributed by atoms with van der Waals surface area (Å²) in [5.74, 6) is 0. The molecule has 0 N–H and O–H groups in total. The summed E-state index contributed by atoms with van der Waals surface area (Å²) in [6.45, 7) is 3.16. The van der Waals surface area contributed by atoms with Gasteiger partial charge < -0.3 is 9.64 Å². The molecule has 2 heterocycles. The summed E-state index contributed by atoms with van der Waals surface area (Å²) in [6, 6.07) is 6.33. The molecule has 0 aliphatic carbocycles. The molecule has 0 unspecified atom stereocenters. The van der Waals surface area contributed by atoms with Gasteiger partial charge in [-0.25, -0.2) is 4.68 Å². The summed E-state index contributed by atoms with van der Waals surface area (Å²) in [4.78, 5) is 12.4. The van der Waals surface area contributed by atoms with Gasteiger partial charge >= 0.3 is 0 Å². The van der Waals surface area contributed by atoms with E-state index in [1.165, 1.54) is 12.1 Å². The number of aromatic nitrogens is 2. The Hall–Kier alpha value is -2.41. The Kier molecular flexibility index (Phi) is 3.34. The van der Waals surface area contributed by atoms with Crippen LogP contribution in [0.25, 0.3) is 5.69 Å². The van der Waals surface area contributed by atoms with Crippen LogP contribution in [0.5, 0.6) is 0 Å². The molecule has 0 radical (unpaired) electrons. The predicted molar refractivity (Wildman–Crippen MR) is 73.3 cm³/mol. The minimum atomic E-state index is -0.411. The fraction of sp³-hybridized carbons (Fsp3) is 0.308. The number of non-ortho nitro benzene ring substituents is 1. The smallest absolute Gasteiger partial charge is 0.269 e. The average Bonchev–Trinajstić information content (AvgIpc) is 2.98. The van der Waals surface area contributed by atoms with Crippen LogP contribution in [0.15, 0.2) is 36.7 Å². The number of hydrogen-bond donors (Lipinski definition) is 0. The summed E-state index contributed by atoms with van der Waals surface area (Å²) in [5.41, 5.74) is 1.91. The van der Waals surface area contributed by atoms with Gasteiger partial charge in [-0.05, 0) is 12.1 Å². The number of morpholine rings is 1. The maximum atomic E-state index is 10.6. The first-order valence-corrected chi connectivity index (χ1v) is 6.36. The van der Waals surface area contributed by atoms with Crippen molar-refractivity contribution in [2.75, 3.05) is 31.2 Å². The minimum Gasteiger partial charge on any atom is -0.378 e. The van der Waals surface area contributed by atoms with Crippen molar-refractivity contribution in [3.8, 4) is 5.69 Å². The molecule has 7 heteroatoms. The lowest BCUT2D eigenvalue weighted by molar-refractivity contribution is -0.384. The Balaban J connectivity index is 1.80. The van der Waals surface area contributed by atoms with Gasteiger partial charge in [0, 0.05) is 25.2 Å². The molecule has 0 amide bonds. The lowest BCUT2D eigenvalue weighted by atomic mass is 10.3. The maximum Gasteiger partial charge on any atom is 0.269 e. The van der Waals surface area contributed by atoms with E-state index < -0.39 is 4.92 Å². The van der Waals surface area contributed by atoms with Gasteiger partial charge in [-0.15, -0.1) is 0 Å². The molecule has 1 aromatic heterocycles. The van der Waals surface area contributed by atoms with E-state index in [2.05, 4.69) is 10.00 Å². The highest BCUT2D eigenvalue weighted by Crippen LogP contribution is 2.19. The molecule has 3 rings (SSSR count). The first-order chi connectivity index (χ1) is 9.74. The second kappa shape index (κ2) is 5.30. The molecule has 0 bridgehead atoms. The lowest BCUT2D eigenvalue weighted by Gasteiger charge is -2.27. The summed E-state index contributed by atoms with van der Waals surface area (Å²) in [7, 11) is 0. The van der Waals surface area contributed by atoms with E-state index in [1.54, 1.807) is 23.0 Å². The molecule has 0 spiro atoms. The lowest BCUT2D eigenvalue weighted by Crippen LogP contribution is -2.35. The number of nitro groups is 1. The maximum absolute atomic E-state index is 10.6. The third-order valence-electron chi connectivity index (χ3n) is 3.27. The zero-order chi connectivity index (χ0) is 13.9. The molecule has 0 saturated carbocycles. The van der Waals surface area contributed by atoms with Crippen LogP contribution in [0.3, 0.4) is 0 Å². The molecule has 7 nitrogen and oxygen atoms in total. The average molecular weight is 274 g/mol. The third-order valence-corrected chi connectivity index (χ3v) is 3.27. The third kappa shape index (κ3) is 2.48. The van der Waals surface area contributed by atoms with Crippen molar-refractivity contribution in [1.29, 1.82) is 0 Å². The van der Waals surface area contributed by atoms with Gasteiger partial charge in [0.05, 0.1) is 41.9 Å². The van der Waals surface area contributed by atoms with E-state index in [9.17, 15) is 10.1 Å². The van der Waals surface area contributed by atoms with E-state index >= 15 is 0 Å². The van der Waals surface area contributed by atoms with Gasteiger partial charge in [0.15, 0.2) is 0 Å². The number of anilines is 1. The monoisotopic (exact) mass is 274 g/mol. The van der Waals surface area contributed by atoms with E-state index in [0.717, 1.165) is 37.7 Å². The van der Waals surface area contributed by atoms with Crippen molar-refractivity contribution in [3.63, 3.8) is 0 Å². The zero-order valence-corrected chi connectivity index (χ0v) is 10.8. The Morgan fingerprint density at radius 2 is 1.85 bits per heavy atom. The van der Waals surface area contributed by atoms with Gasteiger partial charge in [0.2, 0.25) is 0 Å². The normalized spacial score (nSPS) is 15.3. The van der Waals surface area contributed by atoms with Crippen molar-refractivity contribution in [3.05, 3.63) is 46.8 Å². The molecule has 1 saturated heterocycles. The first kappa shape index (κ1) is 12.6. The second-order valence-electron chi connectivity index (χ2n) is 4.52. The molecular weight excluding hydrogens is 260 g/mol. The second-order valence-corrected chi connectivity index (χ2v) is 4.52. The quantitative estimate of drug-likeness (QED) is 0.628. The van der Waals surface area contributed by atoms with Gasteiger partial charge in [-0.3, -0.25) is 10.1 Å². The fourth-order valence-electron chi connectivity index (χ4n) is 2.17. The minimum absolute atomic E-state index is 0.0781. The van der Waals surface area contributed by atoms with E-state index in [0.29, 0.717) is 0 Å². The number of benzene rings is 1. The van der Waals surface area contributed by atoms with Crippen LogP contribution in [0.2, 0.25) is 0 Å². The molecule has 2 aromatic rings. The van der Waals surface area contributed by atoms with E-state index in [1.807, 2.05) is 6.20 Å². The van der Waals surface area contributed by atoms with Crippen molar-refractivity contribution in [2.45, 2.75) is 0 Å². The van der Waals surface area contributed by atoms with Gasteiger partial charge in [-0.2, -0.15) is 5.10 Å². The van der Waals surface area contributed by atoms with Gasteiger partial charge in [0.1, 0.15) is 0 Å². The Morgan fingerprint density at radius 3 is 2.50 bits per heavy atom. The molecule has 104 valence electrons. The number of hydrogen-bond acceptors (Lipinski definition) is 5. The van der Waals surface area contributed by atoms with Crippen LogP contribution < -0.4 is 4.90 Å². The molecule has 1 fully saturated rings. The van der Waals surface area contributed by atoms with Crippen LogP contribution in [0, 0.1) is 10.1 Å². The molecular formula is C13H14N4O3. The highest BCUT2D eigenvalue weighted by Gasteiger charge is 2.13. The van der Waals surface area contributed by atoms with E-state index in [4.69, 9.17) is 4.74 Å². The van der Waals surface area contributed by atoms with E-state index in [-0.39, 0.29) is 5.69 Å². The first-order valence-electron chi connectivity index (χ1n) is 6.36. The predicted octanol–water partition coefficient (Wildman–Crippen LogP) is 1.62. The largest absolute Gasteiger partial charge is 0.378 e. The molecule has 1 aromatic carbocycles. The molecule has 1 aliphatic rings. The van der Waals surface area contributed by atoms with Gasteiger partial charge in [0.25, 0.3) is 5.69 Å². The SMILES string of the molecule is O=[N+]([O-])c1ccc(-n2cc(N3CCOCC3)cn2)cc1. The highest BCUT2D eigenvalue weighted by atomic mass is 16.6. The molecule has 20 heavy (non-hydrogen) atoms. The van der Waals surface area contributed by atoms with Crippen molar-refractivity contribution < 1.29 is 9.66 Å². The highest BCUT2D eigenvalue weighted by molar-refractivity contribution is 5.47. The standard InChI is InChI=1S/C13H14N4O3/c18-17(19)12-3-1-11(2-4-12)16-10-13(9-14-16)15-5-7-20-8-6-15/h1-4,9-10H,5-8H2. The zero-order valence-electron chi connectivity index (χ0n) is 10.8. The van der Waals surface area contributed by atoms with Gasteiger partial charge in [-0.1, -0.05) is 0 Å². The summed E-state index contributed by atoms with van der Waals surface area (Å²) in [6.07, 6.45) is 3.72. The number of nitrogens with zero attached hydrogens (tertiary/aromatic N) is 4. The summed E-state index contributed by atoms with van der Waals surface area (Å²) in [5, 5.41) is 14.9. The summed E-state index contributed by atoms with van der Waals surface area (Å²) < 4.78 is 7.03. The Morgan fingerprint density at radius 1 is 1.15 bits per heavy atom. The molecule has 1 aliphatic heterocycles. The molecule has 0 atom stereocenters. The number of rotatable bonds is 3. The Labute approximate surface area is 115 Å². The summed E-state index contributed by atoms with van der Waals surface area (Å²) >= 11 is 0. The Bertz CT molecular complexity index is 602. The van der Waals surface area contributed by atoms with Crippen molar-refractivity contribution in [1.82, 2.24) is 9.78 Å². The van der Waals surface area contributed by atoms with Crippen LogP contribution in [-0.2, 0) is 4.74 Å². The fourth-order valence-corrected chi connectivity index (χ4v) is 2.17. The van der Waals surface area contributed by atoms with Crippen molar-refractivity contribution >= 4 is 11.4 Å².